The van der Waals surface area contributed by atoms with E-state index in [1.807, 2.05) is 24.3 Å². The largest absolute Gasteiger partial charge is 0.368 e. The van der Waals surface area contributed by atoms with E-state index in [0.29, 0.717) is 10.4 Å². The van der Waals surface area contributed by atoms with Gasteiger partial charge in [0.25, 0.3) is 5.91 Å². The predicted molar refractivity (Wildman–Crippen MR) is 91.4 cm³/mol. The average molecular weight is 328 g/mol. The van der Waals surface area contributed by atoms with E-state index in [4.69, 9.17) is 5.73 Å². The zero-order chi connectivity index (χ0) is 16.2. The fourth-order valence-corrected chi connectivity index (χ4v) is 4.10. The molecule has 0 saturated heterocycles. The highest BCUT2D eigenvalue weighted by molar-refractivity contribution is 7.14. The number of primary amides is 1. The molecule has 0 fully saturated rings. The fourth-order valence-electron chi connectivity index (χ4n) is 2.95. The van der Waals surface area contributed by atoms with Gasteiger partial charge in [0.2, 0.25) is 5.91 Å². The highest BCUT2D eigenvalue weighted by Gasteiger charge is 2.23. The Bertz CT molecular complexity index is 686. The molecule has 1 aliphatic rings. The summed E-state index contributed by atoms with van der Waals surface area (Å²) >= 11 is 1.54. The zero-order valence-electron chi connectivity index (χ0n) is 12.9. The highest BCUT2D eigenvalue weighted by atomic mass is 32.1. The van der Waals surface area contributed by atoms with Crippen LogP contribution in [0.4, 0.5) is 0 Å². The van der Waals surface area contributed by atoms with Gasteiger partial charge in [-0.25, -0.2) is 0 Å². The van der Waals surface area contributed by atoms with Gasteiger partial charge in [0, 0.05) is 4.88 Å². The molecule has 1 aromatic carbocycles. The number of benzene rings is 1. The number of fused-ring (bicyclic) bond motifs is 1. The number of nitrogens with one attached hydrogen (secondary N) is 1. The molecule has 0 aliphatic heterocycles. The smallest absolute Gasteiger partial charge is 0.262 e. The van der Waals surface area contributed by atoms with Gasteiger partial charge in [-0.05, 0) is 42.9 Å². The third-order valence-corrected chi connectivity index (χ3v) is 5.40. The molecule has 0 bridgehead atoms. The molecular weight excluding hydrogens is 308 g/mol. The van der Waals surface area contributed by atoms with Crippen molar-refractivity contribution in [2.75, 3.05) is 0 Å². The van der Waals surface area contributed by atoms with E-state index in [-0.39, 0.29) is 5.91 Å². The van der Waals surface area contributed by atoms with Gasteiger partial charge >= 0.3 is 0 Å². The number of amides is 2. The summed E-state index contributed by atoms with van der Waals surface area (Å²) in [6.07, 6.45) is 5.70. The molecule has 1 aromatic heterocycles. The first kappa shape index (κ1) is 15.7. The Balaban J connectivity index is 1.78. The molecule has 1 heterocycles. The van der Waals surface area contributed by atoms with Gasteiger partial charge in [-0.1, -0.05) is 36.8 Å². The summed E-state index contributed by atoms with van der Waals surface area (Å²) in [7, 11) is 0. The summed E-state index contributed by atoms with van der Waals surface area (Å²) in [4.78, 5) is 26.2. The molecule has 2 amide bonds. The third-order valence-electron chi connectivity index (χ3n) is 4.16. The van der Waals surface area contributed by atoms with Crippen molar-refractivity contribution in [1.82, 2.24) is 5.32 Å². The zero-order valence-corrected chi connectivity index (χ0v) is 13.7. The SMILES string of the molecule is NC(=O)C(NC(=O)c1cc2c(s1)CCCCC2)c1ccccc1. The monoisotopic (exact) mass is 328 g/mol. The Morgan fingerprint density at radius 3 is 2.57 bits per heavy atom. The van der Waals surface area contributed by atoms with Crippen LogP contribution in [0.25, 0.3) is 0 Å². The number of aryl methyl sites for hydroxylation is 2. The number of carbonyl (C=O) groups is 2. The van der Waals surface area contributed by atoms with Crippen molar-refractivity contribution in [3.05, 3.63) is 57.3 Å². The molecule has 3 N–H and O–H groups in total. The van der Waals surface area contributed by atoms with Crippen LogP contribution in [0.3, 0.4) is 0 Å². The number of rotatable bonds is 4. The molecule has 0 saturated carbocycles. The van der Waals surface area contributed by atoms with Crippen molar-refractivity contribution in [1.29, 1.82) is 0 Å². The molecule has 3 rings (SSSR count). The first-order valence-electron chi connectivity index (χ1n) is 7.92. The van der Waals surface area contributed by atoms with Crippen LogP contribution in [0.5, 0.6) is 0 Å². The van der Waals surface area contributed by atoms with Crippen LogP contribution in [0, 0.1) is 0 Å². The van der Waals surface area contributed by atoms with E-state index in [1.54, 1.807) is 23.5 Å². The van der Waals surface area contributed by atoms with Crippen molar-refractivity contribution < 1.29 is 9.59 Å². The first-order chi connectivity index (χ1) is 11.1. The van der Waals surface area contributed by atoms with Gasteiger partial charge in [-0.15, -0.1) is 11.3 Å². The maximum Gasteiger partial charge on any atom is 0.262 e. The van der Waals surface area contributed by atoms with Crippen LogP contribution in [0.1, 0.15) is 51.0 Å². The van der Waals surface area contributed by atoms with Gasteiger partial charge in [0.05, 0.1) is 4.88 Å². The van der Waals surface area contributed by atoms with Crippen molar-refractivity contribution in [3.63, 3.8) is 0 Å². The fraction of sp³-hybridized carbons (Fsp3) is 0.333. The molecule has 4 nitrogen and oxygen atoms in total. The Morgan fingerprint density at radius 2 is 1.83 bits per heavy atom. The molecule has 1 aliphatic carbocycles. The van der Waals surface area contributed by atoms with Gasteiger partial charge in [-0.3, -0.25) is 9.59 Å². The second-order valence-corrected chi connectivity index (χ2v) is 6.98. The lowest BCUT2D eigenvalue weighted by Crippen LogP contribution is -2.37. The molecule has 23 heavy (non-hydrogen) atoms. The number of hydrogen-bond acceptors (Lipinski definition) is 3. The summed E-state index contributed by atoms with van der Waals surface area (Å²) in [5.74, 6) is -0.779. The van der Waals surface area contributed by atoms with Gasteiger partial charge < -0.3 is 11.1 Å². The normalized spacial score (nSPS) is 15.3. The molecule has 2 aromatic rings. The van der Waals surface area contributed by atoms with Crippen LogP contribution >= 0.6 is 11.3 Å². The van der Waals surface area contributed by atoms with Crippen LogP contribution in [0.15, 0.2) is 36.4 Å². The average Bonchev–Trinajstić information content (AvgIpc) is 2.84. The van der Waals surface area contributed by atoms with Gasteiger partial charge in [0.1, 0.15) is 6.04 Å². The maximum atomic E-state index is 12.5. The molecule has 0 spiro atoms. The lowest BCUT2D eigenvalue weighted by atomic mass is 10.1. The van der Waals surface area contributed by atoms with Crippen molar-refractivity contribution >= 4 is 23.2 Å². The minimum absolute atomic E-state index is 0.226. The summed E-state index contributed by atoms with van der Waals surface area (Å²) in [6, 6.07) is 10.3. The van der Waals surface area contributed by atoms with Crippen molar-refractivity contribution in [2.24, 2.45) is 5.73 Å². The lowest BCUT2D eigenvalue weighted by Gasteiger charge is -2.15. The van der Waals surface area contributed by atoms with E-state index >= 15 is 0 Å². The summed E-state index contributed by atoms with van der Waals surface area (Å²) in [5, 5.41) is 2.77. The van der Waals surface area contributed by atoms with Gasteiger partial charge in [-0.2, -0.15) is 0 Å². The quantitative estimate of drug-likeness (QED) is 0.847. The van der Waals surface area contributed by atoms with Gasteiger partial charge in [0.15, 0.2) is 0 Å². The molecular formula is C18H20N2O2S. The van der Waals surface area contributed by atoms with Crippen LogP contribution in [-0.4, -0.2) is 11.8 Å². The third kappa shape index (κ3) is 3.62. The first-order valence-corrected chi connectivity index (χ1v) is 8.73. The summed E-state index contributed by atoms with van der Waals surface area (Å²) in [5.41, 5.74) is 7.45. The molecule has 5 heteroatoms. The van der Waals surface area contributed by atoms with Crippen LogP contribution < -0.4 is 11.1 Å². The Labute approximate surface area is 139 Å². The molecule has 0 radical (unpaired) electrons. The summed E-state index contributed by atoms with van der Waals surface area (Å²) in [6.45, 7) is 0. The van der Waals surface area contributed by atoms with Crippen LogP contribution in [-0.2, 0) is 17.6 Å². The topological polar surface area (TPSA) is 72.2 Å². The van der Waals surface area contributed by atoms with E-state index in [0.717, 1.165) is 12.8 Å². The highest BCUT2D eigenvalue weighted by Crippen LogP contribution is 2.29. The predicted octanol–water partition coefficient (Wildman–Crippen LogP) is 2.97. The minimum atomic E-state index is -0.800. The number of thiophene rings is 1. The molecule has 1 atom stereocenters. The van der Waals surface area contributed by atoms with E-state index in [1.165, 1.54) is 29.7 Å². The number of hydrogen-bond donors (Lipinski definition) is 2. The number of carbonyl (C=O) groups excluding carboxylic acids is 2. The Kier molecular flexibility index (Phi) is 4.76. The van der Waals surface area contributed by atoms with E-state index in [9.17, 15) is 9.59 Å². The van der Waals surface area contributed by atoms with Crippen molar-refractivity contribution in [3.8, 4) is 0 Å². The second-order valence-electron chi connectivity index (χ2n) is 5.84. The number of nitrogens with two attached hydrogens (primary N) is 1. The minimum Gasteiger partial charge on any atom is -0.368 e. The van der Waals surface area contributed by atoms with E-state index in [2.05, 4.69) is 5.32 Å². The Hall–Kier alpha value is -2.14. The summed E-state index contributed by atoms with van der Waals surface area (Å²) < 4.78 is 0. The molecule has 120 valence electrons. The standard InChI is InChI=1S/C18H20N2O2S/c19-17(21)16(12-7-3-1-4-8-12)20-18(22)15-11-13-9-5-2-6-10-14(13)23-15/h1,3-4,7-8,11,16H,2,5-6,9-10H2,(H2,19,21)(H,20,22). The van der Waals surface area contributed by atoms with Crippen LogP contribution in [0.2, 0.25) is 0 Å². The lowest BCUT2D eigenvalue weighted by molar-refractivity contribution is -0.120. The van der Waals surface area contributed by atoms with E-state index < -0.39 is 11.9 Å². The Morgan fingerprint density at radius 1 is 1.09 bits per heavy atom. The molecule has 1 unspecified atom stereocenters. The second kappa shape index (κ2) is 6.96. The van der Waals surface area contributed by atoms with Crippen molar-refractivity contribution in [2.45, 2.75) is 38.1 Å². The maximum absolute atomic E-state index is 12.5.